The van der Waals surface area contributed by atoms with Crippen LogP contribution in [0.15, 0.2) is 42.6 Å². The Kier molecular flexibility index (Phi) is 7.14. The topological polar surface area (TPSA) is 99.4 Å². The summed E-state index contributed by atoms with van der Waals surface area (Å²) in [4.78, 5) is 20.5. The summed E-state index contributed by atoms with van der Waals surface area (Å²) >= 11 is 0. The van der Waals surface area contributed by atoms with Crippen molar-refractivity contribution in [3.8, 4) is 11.1 Å². The normalized spacial score (nSPS) is 11.6. The number of aromatic nitrogens is 4. The van der Waals surface area contributed by atoms with Gasteiger partial charge in [-0.1, -0.05) is 32.0 Å². The molecular weight excluding hydrogens is 396 g/mol. The fraction of sp³-hybridized carbons (Fsp3) is 0.391. The molecule has 3 rings (SSSR count). The Bertz CT molecular complexity index is 1020. The third kappa shape index (κ3) is 4.81. The highest BCUT2D eigenvalue weighted by molar-refractivity contribution is 5.89. The lowest BCUT2D eigenvalue weighted by atomic mass is 10.0. The molecule has 31 heavy (non-hydrogen) atoms. The number of aromatic carboxylic acids is 1. The van der Waals surface area contributed by atoms with Crippen LogP contribution in [0.5, 0.6) is 0 Å². The van der Waals surface area contributed by atoms with Crippen LogP contribution in [-0.4, -0.2) is 45.0 Å². The maximum atomic E-state index is 11.2. The molecule has 2 aromatic heterocycles. The summed E-state index contributed by atoms with van der Waals surface area (Å²) in [5.41, 5.74) is 2.73. The van der Waals surface area contributed by atoms with Gasteiger partial charge in [-0.05, 0) is 30.2 Å². The molecule has 0 aliphatic heterocycles. The van der Waals surface area contributed by atoms with E-state index in [4.69, 9.17) is 14.5 Å². The minimum absolute atomic E-state index is 0.247. The van der Waals surface area contributed by atoms with E-state index in [-0.39, 0.29) is 5.56 Å². The molecule has 1 N–H and O–H groups in total. The smallest absolute Gasteiger partial charge is 0.335 e. The predicted octanol–water partition coefficient (Wildman–Crippen LogP) is 3.89. The standard InChI is InChI=1S/C23H28N4O4/c1-5-8-20-25-22(23(6-2,30-3)31-4)26-27(20)15-19-12-11-18(14-24-19)16-9-7-10-17(13-16)21(28)29/h7,9-14H,5-6,8,15H2,1-4H3,(H,28,29). The van der Waals surface area contributed by atoms with Gasteiger partial charge in [0, 0.05) is 38.8 Å². The molecule has 8 nitrogen and oxygen atoms in total. The fourth-order valence-corrected chi connectivity index (χ4v) is 3.46. The number of benzene rings is 1. The molecule has 2 heterocycles. The third-order valence-electron chi connectivity index (χ3n) is 5.27. The van der Waals surface area contributed by atoms with E-state index in [1.54, 1.807) is 38.6 Å². The number of methoxy groups -OCH3 is 2. The number of ether oxygens (including phenoxy) is 2. The van der Waals surface area contributed by atoms with Gasteiger partial charge in [0.25, 0.3) is 0 Å². The van der Waals surface area contributed by atoms with Gasteiger partial charge in [0.2, 0.25) is 11.6 Å². The number of hydrogen-bond acceptors (Lipinski definition) is 6. The van der Waals surface area contributed by atoms with E-state index in [9.17, 15) is 9.90 Å². The zero-order valence-electron chi connectivity index (χ0n) is 18.3. The summed E-state index contributed by atoms with van der Waals surface area (Å²) in [6, 6.07) is 10.7. The Hall–Kier alpha value is -3.10. The molecule has 0 atom stereocenters. The van der Waals surface area contributed by atoms with Gasteiger partial charge in [-0.15, -0.1) is 5.10 Å². The van der Waals surface area contributed by atoms with Crippen LogP contribution < -0.4 is 0 Å². The van der Waals surface area contributed by atoms with E-state index < -0.39 is 11.8 Å². The number of nitrogens with zero attached hydrogens (tertiary/aromatic N) is 4. The molecule has 0 fully saturated rings. The molecule has 0 saturated carbocycles. The minimum Gasteiger partial charge on any atom is -0.478 e. The van der Waals surface area contributed by atoms with E-state index in [0.29, 0.717) is 18.8 Å². The number of carboxylic acids is 1. The molecule has 0 aliphatic carbocycles. The van der Waals surface area contributed by atoms with Crippen LogP contribution in [0, 0.1) is 0 Å². The summed E-state index contributed by atoms with van der Waals surface area (Å²) in [7, 11) is 3.18. The summed E-state index contributed by atoms with van der Waals surface area (Å²) in [6.07, 6.45) is 4.04. The quantitative estimate of drug-likeness (QED) is 0.493. The minimum atomic E-state index is -0.972. The lowest BCUT2D eigenvalue weighted by Gasteiger charge is -2.26. The van der Waals surface area contributed by atoms with Crippen molar-refractivity contribution in [3.05, 3.63) is 65.5 Å². The van der Waals surface area contributed by atoms with Crippen molar-refractivity contribution in [3.63, 3.8) is 0 Å². The average Bonchev–Trinajstić information content (AvgIpc) is 3.19. The molecule has 0 unspecified atom stereocenters. The lowest BCUT2D eigenvalue weighted by molar-refractivity contribution is -0.222. The van der Waals surface area contributed by atoms with Crippen LogP contribution in [0.25, 0.3) is 11.1 Å². The number of aryl methyl sites for hydroxylation is 1. The highest BCUT2D eigenvalue weighted by Crippen LogP contribution is 2.27. The molecule has 3 aromatic rings. The van der Waals surface area contributed by atoms with Gasteiger partial charge in [-0.25, -0.2) is 14.5 Å². The molecule has 164 valence electrons. The van der Waals surface area contributed by atoms with Crippen molar-refractivity contribution in [2.45, 2.75) is 45.4 Å². The lowest BCUT2D eigenvalue weighted by Crippen LogP contribution is -2.31. The van der Waals surface area contributed by atoms with Crippen molar-refractivity contribution in [2.24, 2.45) is 0 Å². The zero-order chi connectivity index (χ0) is 22.4. The Morgan fingerprint density at radius 2 is 1.90 bits per heavy atom. The molecule has 0 amide bonds. The third-order valence-corrected chi connectivity index (χ3v) is 5.27. The molecule has 1 aromatic carbocycles. The maximum Gasteiger partial charge on any atom is 0.335 e. The van der Waals surface area contributed by atoms with Crippen LogP contribution in [0.4, 0.5) is 0 Å². The van der Waals surface area contributed by atoms with Crippen LogP contribution in [0.1, 0.15) is 54.4 Å². The number of hydrogen-bond donors (Lipinski definition) is 1. The van der Waals surface area contributed by atoms with Gasteiger partial charge in [0.15, 0.2) is 0 Å². The number of carbonyl (C=O) groups is 1. The second kappa shape index (κ2) is 9.80. The van der Waals surface area contributed by atoms with Crippen molar-refractivity contribution in [2.75, 3.05) is 14.2 Å². The Morgan fingerprint density at radius 1 is 1.13 bits per heavy atom. The van der Waals surface area contributed by atoms with Crippen molar-refractivity contribution in [1.29, 1.82) is 0 Å². The predicted molar refractivity (Wildman–Crippen MR) is 116 cm³/mol. The first-order valence-corrected chi connectivity index (χ1v) is 10.3. The number of pyridine rings is 1. The largest absolute Gasteiger partial charge is 0.478 e. The highest BCUT2D eigenvalue weighted by atomic mass is 16.7. The monoisotopic (exact) mass is 424 g/mol. The highest BCUT2D eigenvalue weighted by Gasteiger charge is 2.35. The first-order chi connectivity index (χ1) is 15.0. The second-order valence-electron chi connectivity index (χ2n) is 7.20. The molecular formula is C23H28N4O4. The summed E-state index contributed by atoms with van der Waals surface area (Å²) in [6.45, 7) is 4.52. The fourth-order valence-electron chi connectivity index (χ4n) is 3.46. The van der Waals surface area contributed by atoms with E-state index in [1.165, 1.54) is 0 Å². The maximum absolute atomic E-state index is 11.2. The van der Waals surface area contributed by atoms with Gasteiger partial charge < -0.3 is 14.6 Å². The van der Waals surface area contributed by atoms with Crippen molar-refractivity contribution in [1.82, 2.24) is 19.7 Å². The Balaban J connectivity index is 1.87. The number of carboxylic acid groups (broad SMARTS) is 1. The zero-order valence-corrected chi connectivity index (χ0v) is 18.3. The van der Waals surface area contributed by atoms with Gasteiger partial charge in [0.05, 0.1) is 17.8 Å². The molecule has 0 spiro atoms. The van der Waals surface area contributed by atoms with Gasteiger partial charge >= 0.3 is 5.97 Å². The molecule has 0 saturated heterocycles. The van der Waals surface area contributed by atoms with Crippen LogP contribution in [-0.2, 0) is 28.2 Å². The summed E-state index contributed by atoms with van der Waals surface area (Å²) in [5, 5.41) is 13.9. The average molecular weight is 425 g/mol. The molecule has 0 radical (unpaired) electrons. The first kappa shape index (κ1) is 22.6. The Morgan fingerprint density at radius 3 is 2.48 bits per heavy atom. The van der Waals surface area contributed by atoms with Crippen molar-refractivity contribution < 1.29 is 19.4 Å². The number of rotatable bonds is 10. The van der Waals surface area contributed by atoms with Crippen LogP contribution in [0.3, 0.4) is 0 Å². The van der Waals surface area contributed by atoms with E-state index in [2.05, 4.69) is 17.0 Å². The molecule has 0 bridgehead atoms. The van der Waals surface area contributed by atoms with Crippen LogP contribution >= 0.6 is 0 Å². The van der Waals surface area contributed by atoms with Crippen molar-refractivity contribution >= 4 is 5.97 Å². The van der Waals surface area contributed by atoms with Crippen LogP contribution in [0.2, 0.25) is 0 Å². The second-order valence-corrected chi connectivity index (χ2v) is 7.20. The van der Waals surface area contributed by atoms with Gasteiger partial charge in [-0.2, -0.15) is 0 Å². The summed E-state index contributed by atoms with van der Waals surface area (Å²) < 4.78 is 13.0. The van der Waals surface area contributed by atoms with Gasteiger partial charge in [0.1, 0.15) is 5.82 Å². The Labute approximate surface area is 181 Å². The SMILES string of the molecule is CCCc1nc(C(CC)(OC)OC)nn1Cc1ccc(-c2cccc(C(=O)O)c2)cn1. The first-order valence-electron chi connectivity index (χ1n) is 10.3. The van der Waals surface area contributed by atoms with E-state index in [0.717, 1.165) is 35.5 Å². The van der Waals surface area contributed by atoms with E-state index >= 15 is 0 Å². The van der Waals surface area contributed by atoms with E-state index in [1.807, 2.05) is 29.8 Å². The molecule has 8 heteroatoms. The molecule has 0 aliphatic rings. The van der Waals surface area contributed by atoms with Gasteiger partial charge in [-0.3, -0.25) is 4.98 Å². The summed E-state index contributed by atoms with van der Waals surface area (Å²) in [5.74, 6) is -0.567.